The predicted octanol–water partition coefficient (Wildman–Crippen LogP) is 16.0. The van der Waals surface area contributed by atoms with Gasteiger partial charge >= 0.3 is 17.9 Å². The van der Waals surface area contributed by atoms with E-state index in [0.29, 0.717) is 19.3 Å². The highest BCUT2D eigenvalue weighted by molar-refractivity contribution is 5.71. The molecule has 0 aromatic heterocycles. The molecule has 0 N–H and O–H groups in total. The highest BCUT2D eigenvalue weighted by Gasteiger charge is 2.19. The van der Waals surface area contributed by atoms with Crippen LogP contribution in [0.15, 0.2) is 0 Å². The van der Waals surface area contributed by atoms with E-state index >= 15 is 0 Å². The van der Waals surface area contributed by atoms with E-state index in [9.17, 15) is 14.4 Å². The lowest BCUT2D eigenvalue weighted by molar-refractivity contribution is -0.167. The standard InChI is InChI=1S/C50H96O6/c1-4-7-10-13-16-17-18-19-20-21-22-23-24-25-26-27-28-29-30-31-32-35-37-40-43-49(52)55-46-47(56-50(53)44-41-38-34-15-12-9-6-3)45-54-48(51)42-39-36-33-14-11-8-5-2/h47H,4-46H2,1-3H3. The van der Waals surface area contributed by atoms with Gasteiger partial charge in [0.15, 0.2) is 6.10 Å². The predicted molar refractivity (Wildman–Crippen MR) is 238 cm³/mol. The van der Waals surface area contributed by atoms with Crippen molar-refractivity contribution in [3.63, 3.8) is 0 Å². The van der Waals surface area contributed by atoms with Crippen LogP contribution in [0.25, 0.3) is 0 Å². The quantitative estimate of drug-likeness (QED) is 0.0347. The third kappa shape index (κ3) is 43.5. The van der Waals surface area contributed by atoms with Gasteiger partial charge in [0.2, 0.25) is 0 Å². The average molecular weight is 793 g/mol. The first-order chi connectivity index (χ1) is 27.5. The molecule has 1 unspecified atom stereocenters. The summed E-state index contributed by atoms with van der Waals surface area (Å²) in [7, 11) is 0. The molecule has 0 amide bonds. The molecule has 0 saturated heterocycles. The molecule has 0 fully saturated rings. The van der Waals surface area contributed by atoms with E-state index in [2.05, 4.69) is 20.8 Å². The van der Waals surface area contributed by atoms with Crippen LogP contribution in [0.1, 0.15) is 284 Å². The summed E-state index contributed by atoms with van der Waals surface area (Å²) in [5.41, 5.74) is 0. The van der Waals surface area contributed by atoms with Gasteiger partial charge in [0.05, 0.1) is 0 Å². The zero-order chi connectivity index (χ0) is 40.8. The highest BCUT2D eigenvalue weighted by atomic mass is 16.6. The molecule has 0 spiro atoms. The maximum absolute atomic E-state index is 12.6. The zero-order valence-electron chi connectivity index (χ0n) is 37.9. The van der Waals surface area contributed by atoms with Gasteiger partial charge in [0.25, 0.3) is 0 Å². The number of unbranched alkanes of at least 4 members (excludes halogenated alkanes) is 35. The second-order valence-corrected chi connectivity index (χ2v) is 17.1. The molecule has 0 aliphatic rings. The summed E-state index contributed by atoms with van der Waals surface area (Å²) in [4.78, 5) is 37.5. The van der Waals surface area contributed by atoms with Crippen molar-refractivity contribution in [2.24, 2.45) is 0 Å². The van der Waals surface area contributed by atoms with Gasteiger partial charge in [-0.15, -0.1) is 0 Å². The van der Waals surface area contributed by atoms with Gasteiger partial charge in [0, 0.05) is 19.3 Å². The Balaban J connectivity index is 3.95. The van der Waals surface area contributed by atoms with E-state index in [1.54, 1.807) is 0 Å². The summed E-state index contributed by atoms with van der Waals surface area (Å²) in [6, 6.07) is 0. The fraction of sp³-hybridized carbons (Fsp3) is 0.940. The molecule has 0 aliphatic carbocycles. The minimum absolute atomic E-state index is 0.0638. The molecule has 0 bridgehead atoms. The summed E-state index contributed by atoms with van der Waals surface area (Å²) in [6.07, 6.45) is 48.5. The van der Waals surface area contributed by atoms with Crippen LogP contribution in [0.3, 0.4) is 0 Å². The third-order valence-corrected chi connectivity index (χ3v) is 11.4. The minimum Gasteiger partial charge on any atom is -0.462 e. The Kier molecular flexibility index (Phi) is 44.8. The van der Waals surface area contributed by atoms with Crippen molar-refractivity contribution in [2.45, 2.75) is 290 Å². The van der Waals surface area contributed by atoms with E-state index in [1.807, 2.05) is 0 Å². The number of carbonyl (C=O) groups is 3. The monoisotopic (exact) mass is 793 g/mol. The normalized spacial score (nSPS) is 11.8. The van der Waals surface area contributed by atoms with Crippen molar-refractivity contribution >= 4 is 17.9 Å². The summed E-state index contributed by atoms with van der Waals surface area (Å²) in [5.74, 6) is -0.864. The van der Waals surface area contributed by atoms with Gasteiger partial charge in [-0.25, -0.2) is 0 Å². The molecule has 56 heavy (non-hydrogen) atoms. The molecule has 1 atom stereocenters. The van der Waals surface area contributed by atoms with Crippen LogP contribution in [0, 0.1) is 0 Å². The van der Waals surface area contributed by atoms with Crippen molar-refractivity contribution in [2.75, 3.05) is 13.2 Å². The molecular weight excluding hydrogens is 697 g/mol. The molecule has 0 saturated carbocycles. The van der Waals surface area contributed by atoms with Crippen LogP contribution in [-0.4, -0.2) is 37.2 Å². The van der Waals surface area contributed by atoms with E-state index in [0.717, 1.165) is 57.8 Å². The lowest BCUT2D eigenvalue weighted by Gasteiger charge is -2.18. The van der Waals surface area contributed by atoms with Crippen LogP contribution in [0.5, 0.6) is 0 Å². The first-order valence-corrected chi connectivity index (χ1v) is 25.0. The number of carbonyl (C=O) groups excluding carboxylic acids is 3. The van der Waals surface area contributed by atoms with Gasteiger partial charge < -0.3 is 14.2 Å². The number of hydrogen-bond acceptors (Lipinski definition) is 6. The largest absolute Gasteiger partial charge is 0.462 e. The third-order valence-electron chi connectivity index (χ3n) is 11.4. The summed E-state index contributed by atoms with van der Waals surface area (Å²) >= 11 is 0. The van der Waals surface area contributed by atoms with Crippen LogP contribution < -0.4 is 0 Å². The van der Waals surface area contributed by atoms with Crippen LogP contribution in [0.2, 0.25) is 0 Å². The summed E-state index contributed by atoms with van der Waals surface area (Å²) in [6.45, 7) is 6.58. The highest BCUT2D eigenvalue weighted by Crippen LogP contribution is 2.17. The van der Waals surface area contributed by atoms with Gasteiger partial charge in [-0.3, -0.25) is 14.4 Å². The van der Waals surface area contributed by atoms with Gasteiger partial charge in [-0.1, -0.05) is 245 Å². The van der Waals surface area contributed by atoms with E-state index in [1.165, 1.54) is 186 Å². The Bertz CT molecular complexity index is 828. The SMILES string of the molecule is CCCCCCCCCCCCCCCCCCCCCCCCCCC(=O)OCC(COC(=O)CCCCCCCCC)OC(=O)CCCCCCCCC. The summed E-state index contributed by atoms with van der Waals surface area (Å²) < 4.78 is 16.6. The smallest absolute Gasteiger partial charge is 0.306 e. The average Bonchev–Trinajstić information content (AvgIpc) is 3.19. The van der Waals surface area contributed by atoms with E-state index < -0.39 is 6.10 Å². The van der Waals surface area contributed by atoms with Crippen molar-refractivity contribution in [3.05, 3.63) is 0 Å². The second kappa shape index (κ2) is 46.1. The number of ether oxygens (including phenoxy) is 3. The molecule has 332 valence electrons. The van der Waals surface area contributed by atoms with Gasteiger partial charge in [0.1, 0.15) is 13.2 Å². The van der Waals surface area contributed by atoms with Crippen molar-refractivity contribution in [1.82, 2.24) is 0 Å². The number of esters is 3. The van der Waals surface area contributed by atoms with Crippen molar-refractivity contribution in [1.29, 1.82) is 0 Å². The summed E-state index contributed by atoms with van der Waals surface area (Å²) in [5, 5.41) is 0. The first kappa shape index (κ1) is 54.4. The molecular formula is C50H96O6. The molecule has 0 aliphatic heterocycles. The number of rotatable bonds is 46. The molecule has 6 heteroatoms. The molecule has 0 radical (unpaired) electrons. The second-order valence-electron chi connectivity index (χ2n) is 17.1. The van der Waals surface area contributed by atoms with Crippen LogP contribution >= 0.6 is 0 Å². The van der Waals surface area contributed by atoms with Crippen LogP contribution in [-0.2, 0) is 28.6 Å². The molecule has 6 nitrogen and oxygen atoms in total. The molecule has 0 aromatic rings. The Labute approximate surface area is 348 Å². The Morgan fingerprint density at radius 3 is 0.714 bits per heavy atom. The fourth-order valence-corrected chi connectivity index (χ4v) is 7.56. The minimum atomic E-state index is -0.756. The first-order valence-electron chi connectivity index (χ1n) is 25.0. The van der Waals surface area contributed by atoms with Crippen molar-refractivity contribution in [3.8, 4) is 0 Å². The molecule has 0 rings (SSSR count). The lowest BCUT2D eigenvalue weighted by Crippen LogP contribution is -2.30. The van der Waals surface area contributed by atoms with Gasteiger partial charge in [-0.05, 0) is 19.3 Å². The van der Waals surface area contributed by atoms with E-state index in [-0.39, 0.29) is 31.1 Å². The van der Waals surface area contributed by atoms with Gasteiger partial charge in [-0.2, -0.15) is 0 Å². The fourth-order valence-electron chi connectivity index (χ4n) is 7.56. The lowest BCUT2D eigenvalue weighted by atomic mass is 10.0. The Morgan fingerprint density at radius 1 is 0.286 bits per heavy atom. The van der Waals surface area contributed by atoms with E-state index in [4.69, 9.17) is 14.2 Å². The Hall–Kier alpha value is -1.59. The maximum atomic E-state index is 12.6. The zero-order valence-corrected chi connectivity index (χ0v) is 37.9. The number of hydrogen-bond donors (Lipinski definition) is 0. The van der Waals surface area contributed by atoms with Crippen molar-refractivity contribution < 1.29 is 28.6 Å². The molecule has 0 aromatic carbocycles. The molecule has 0 heterocycles. The van der Waals surface area contributed by atoms with Crippen LogP contribution in [0.4, 0.5) is 0 Å². The topological polar surface area (TPSA) is 78.9 Å². The Morgan fingerprint density at radius 2 is 0.482 bits per heavy atom. The maximum Gasteiger partial charge on any atom is 0.306 e.